The Hall–Kier alpha value is -0.650. The Morgan fingerprint density at radius 2 is 1.94 bits per heavy atom. The van der Waals surface area contributed by atoms with E-state index in [1.54, 1.807) is 0 Å². The molecule has 0 aromatic rings. The van der Waals surface area contributed by atoms with Gasteiger partial charge in [-0.1, -0.05) is 0 Å². The van der Waals surface area contributed by atoms with Crippen molar-refractivity contribution in [3.05, 3.63) is 0 Å². The summed E-state index contributed by atoms with van der Waals surface area (Å²) in [5, 5.41) is 12.3. The fourth-order valence-electron chi connectivity index (χ4n) is 2.15. The molecule has 1 saturated heterocycles. The first-order valence-electron chi connectivity index (χ1n) is 6.03. The maximum absolute atomic E-state index is 11.8. The Balaban J connectivity index is 1.64. The third-order valence-electron chi connectivity index (χ3n) is 3.51. The number of aliphatic hydroxyl groups is 1. The van der Waals surface area contributed by atoms with Crippen molar-refractivity contribution in [3.63, 3.8) is 0 Å². The molecule has 5 heteroatoms. The number of piperazine rings is 1. The zero-order valence-electron chi connectivity index (χ0n) is 9.85. The third-order valence-corrected chi connectivity index (χ3v) is 3.51. The Kier molecular flexibility index (Phi) is 3.78. The standard InChI is InChI=1S/C11H21N3O2/c1-13-2-4-14(5-3-13)11(16)8-12-9-6-10(15)7-9/h9-10,12,15H,2-8H2,1H3. The molecule has 0 radical (unpaired) electrons. The van der Waals surface area contributed by atoms with Crippen molar-refractivity contribution in [2.45, 2.75) is 25.0 Å². The number of likely N-dealkylation sites (N-methyl/N-ethyl adjacent to an activating group) is 1. The highest BCUT2D eigenvalue weighted by Gasteiger charge is 2.27. The number of nitrogens with one attached hydrogen (secondary N) is 1. The number of hydrogen-bond donors (Lipinski definition) is 2. The van der Waals surface area contributed by atoms with Crippen molar-refractivity contribution in [2.75, 3.05) is 39.8 Å². The fourth-order valence-corrected chi connectivity index (χ4v) is 2.15. The molecular formula is C11H21N3O2. The van der Waals surface area contributed by atoms with E-state index in [-0.39, 0.29) is 12.0 Å². The van der Waals surface area contributed by atoms with Crippen molar-refractivity contribution in [1.82, 2.24) is 15.1 Å². The number of hydrogen-bond acceptors (Lipinski definition) is 4. The Morgan fingerprint density at radius 1 is 1.31 bits per heavy atom. The monoisotopic (exact) mass is 227 g/mol. The number of nitrogens with zero attached hydrogens (tertiary/aromatic N) is 2. The summed E-state index contributed by atoms with van der Waals surface area (Å²) in [5.41, 5.74) is 0. The third kappa shape index (κ3) is 2.93. The van der Waals surface area contributed by atoms with E-state index < -0.39 is 0 Å². The van der Waals surface area contributed by atoms with Crippen LogP contribution in [0.2, 0.25) is 0 Å². The van der Waals surface area contributed by atoms with Gasteiger partial charge in [-0.25, -0.2) is 0 Å². The second-order valence-corrected chi connectivity index (χ2v) is 4.89. The van der Waals surface area contributed by atoms with Gasteiger partial charge in [0.1, 0.15) is 0 Å². The molecule has 16 heavy (non-hydrogen) atoms. The molecule has 0 bridgehead atoms. The quantitative estimate of drug-likeness (QED) is 0.641. The highest BCUT2D eigenvalue weighted by Crippen LogP contribution is 2.18. The van der Waals surface area contributed by atoms with E-state index in [2.05, 4.69) is 17.3 Å². The van der Waals surface area contributed by atoms with Crippen LogP contribution >= 0.6 is 0 Å². The normalized spacial score (nSPS) is 31.2. The molecule has 2 fully saturated rings. The van der Waals surface area contributed by atoms with E-state index in [0.717, 1.165) is 39.0 Å². The van der Waals surface area contributed by atoms with Gasteiger partial charge in [-0.3, -0.25) is 4.79 Å². The van der Waals surface area contributed by atoms with Crippen LogP contribution in [0.5, 0.6) is 0 Å². The van der Waals surface area contributed by atoms with Gasteiger partial charge in [-0.05, 0) is 19.9 Å². The van der Waals surface area contributed by atoms with Crippen LogP contribution in [0.4, 0.5) is 0 Å². The largest absolute Gasteiger partial charge is 0.393 e. The van der Waals surface area contributed by atoms with Crippen LogP contribution in [0.3, 0.4) is 0 Å². The smallest absolute Gasteiger partial charge is 0.236 e. The summed E-state index contributed by atoms with van der Waals surface area (Å²) in [6.07, 6.45) is 1.42. The first kappa shape index (κ1) is 11.8. The topological polar surface area (TPSA) is 55.8 Å². The molecule has 1 aliphatic heterocycles. The lowest BCUT2D eigenvalue weighted by Gasteiger charge is -2.35. The molecule has 0 aromatic carbocycles. The molecule has 2 N–H and O–H groups in total. The van der Waals surface area contributed by atoms with E-state index in [1.165, 1.54) is 0 Å². The van der Waals surface area contributed by atoms with Crippen LogP contribution in [-0.4, -0.2) is 72.7 Å². The van der Waals surface area contributed by atoms with E-state index in [0.29, 0.717) is 12.6 Å². The zero-order valence-corrected chi connectivity index (χ0v) is 9.85. The van der Waals surface area contributed by atoms with E-state index in [9.17, 15) is 4.79 Å². The van der Waals surface area contributed by atoms with Crippen molar-refractivity contribution in [2.24, 2.45) is 0 Å². The summed E-state index contributed by atoms with van der Waals surface area (Å²) in [5.74, 6) is 0.189. The van der Waals surface area contributed by atoms with Crippen LogP contribution in [0.1, 0.15) is 12.8 Å². The molecule has 1 amide bonds. The van der Waals surface area contributed by atoms with Crippen LogP contribution < -0.4 is 5.32 Å². The Bertz CT molecular complexity index is 246. The molecule has 2 aliphatic rings. The number of carbonyl (C=O) groups excluding carboxylic acids is 1. The molecule has 0 spiro atoms. The predicted octanol–water partition coefficient (Wildman–Crippen LogP) is -1.13. The summed E-state index contributed by atoms with van der Waals surface area (Å²) in [4.78, 5) is 16.0. The molecule has 1 aliphatic carbocycles. The van der Waals surface area contributed by atoms with Gasteiger partial charge in [0, 0.05) is 32.2 Å². The van der Waals surface area contributed by atoms with Gasteiger partial charge in [0.2, 0.25) is 5.91 Å². The summed E-state index contributed by atoms with van der Waals surface area (Å²) >= 11 is 0. The van der Waals surface area contributed by atoms with Crippen molar-refractivity contribution in [1.29, 1.82) is 0 Å². The molecule has 92 valence electrons. The minimum atomic E-state index is -0.156. The highest BCUT2D eigenvalue weighted by atomic mass is 16.3. The maximum Gasteiger partial charge on any atom is 0.236 e. The molecule has 1 saturated carbocycles. The van der Waals surface area contributed by atoms with Gasteiger partial charge >= 0.3 is 0 Å². The number of carbonyl (C=O) groups is 1. The van der Waals surface area contributed by atoms with Gasteiger partial charge in [0.15, 0.2) is 0 Å². The number of rotatable bonds is 3. The Morgan fingerprint density at radius 3 is 2.50 bits per heavy atom. The fraction of sp³-hybridized carbons (Fsp3) is 0.909. The summed E-state index contributed by atoms with van der Waals surface area (Å²) < 4.78 is 0. The van der Waals surface area contributed by atoms with E-state index >= 15 is 0 Å². The minimum absolute atomic E-state index is 0.156. The molecule has 1 heterocycles. The highest BCUT2D eigenvalue weighted by molar-refractivity contribution is 5.78. The first-order valence-corrected chi connectivity index (χ1v) is 6.03. The summed E-state index contributed by atoms with van der Waals surface area (Å²) in [6, 6.07) is 0.339. The lowest BCUT2D eigenvalue weighted by molar-refractivity contribution is -0.132. The van der Waals surface area contributed by atoms with Crippen molar-refractivity contribution in [3.8, 4) is 0 Å². The average Bonchev–Trinajstić information content (AvgIpc) is 2.23. The second kappa shape index (κ2) is 5.12. The lowest BCUT2D eigenvalue weighted by atomic mass is 9.89. The van der Waals surface area contributed by atoms with Gasteiger partial charge < -0.3 is 20.2 Å². The lowest BCUT2D eigenvalue weighted by Crippen LogP contribution is -2.52. The summed E-state index contributed by atoms with van der Waals surface area (Å²) in [7, 11) is 2.08. The Labute approximate surface area is 96.4 Å². The summed E-state index contributed by atoms with van der Waals surface area (Å²) in [6.45, 7) is 4.03. The van der Waals surface area contributed by atoms with Crippen molar-refractivity contribution < 1.29 is 9.90 Å². The maximum atomic E-state index is 11.8. The predicted molar refractivity (Wildman–Crippen MR) is 61.1 cm³/mol. The van der Waals surface area contributed by atoms with Gasteiger partial charge in [-0.15, -0.1) is 0 Å². The molecule has 5 nitrogen and oxygen atoms in total. The van der Waals surface area contributed by atoms with Gasteiger partial charge in [0.25, 0.3) is 0 Å². The molecule has 2 rings (SSSR count). The molecule has 0 atom stereocenters. The van der Waals surface area contributed by atoms with Crippen molar-refractivity contribution >= 4 is 5.91 Å². The minimum Gasteiger partial charge on any atom is -0.393 e. The van der Waals surface area contributed by atoms with E-state index in [1.807, 2.05) is 4.90 Å². The first-order chi connectivity index (χ1) is 7.65. The molecule has 0 aromatic heterocycles. The number of aliphatic hydroxyl groups excluding tert-OH is 1. The zero-order chi connectivity index (χ0) is 11.5. The number of amides is 1. The van der Waals surface area contributed by atoms with Gasteiger partial charge in [-0.2, -0.15) is 0 Å². The van der Waals surface area contributed by atoms with Crippen LogP contribution in [0, 0.1) is 0 Å². The van der Waals surface area contributed by atoms with Crippen LogP contribution in [0.15, 0.2) is 0 Å². The van der Waals surface area contributed by atoms with Crippen LogP contribution in [-0.2, 0) is 4.79 Å². The van der Waals surface area contributed by atoms with E-state index in [4.69, 9.17) is 5.11 Å². The van der Waals surface area contributed by atoms with Crippen LogP contribution in [0.25, 0.3) is 0 Å². The molecule has 0 unspecified atom stereocenters. The second-order valence-electron chi connectivity index (χ2n) is 4.89. The average molecular weight is 227 g/mol. The molecular weight excluding hydrogens is 206 g/mol. The SMILES string of the molecule is CN1CCN(C(=O)CNC2CC(O)C2)CC1. The van der Waals surface area contributed by atoms with Gasteiger partial charge in [0.05, 0.1) is 12.6 Å².